The number of carbonyl (C=O) groups excluding carboxylic acids is 1. The molecule has 0 aliphatic heterocycles. The summed E-state index contributed by atoms with van der Waals surface area (Å²) in [5.41, 5.74) is -1.23. The molecule has 0 fully saturated rings. The van der Waals surface area contributed by atoms with Gasteiger partial charge in [0, 0.05) is 6.20 Å². The monoisotopic (exact) mass is 311 g/mol. The summed E-state index contributed by atoms with van der Waals surface area (Å²) in [5.74, 6) is -0.842. The number of ether oxygens (including phenoxy) is 1. The SMILES string of the molecule is CC(C)OC(=O)c1cc(C(F)(F)F)cnc1Br. The summed E-state index contributed by atoms with van der Waals surface area (Å²) in [6.07, 6.45) is -4.31. The molecule has 0 radical (unpaired) electrons. The number of hydrogen-bond donors (Lipinski definition) is 0. The number of halogens is 4. The Hall–Kier alpha value is -1.11. The van der Waals surface area contributed by atoms with E-state index >= 15 is 0 Å². The van der Waals surface area contributed by atoms with Gasteiger partial charge in [-0.2, -0.15) is 13.2 Å². The Morgan fingerprint density at radius 1 is 1.47 bits per heavy atom. The van der Waals surface area contributed by atoms with Crippen LogP contribution in [0.25, 0.3) is 0 Å². The maximum absolute atomic E-state index is 12.4. The lowest BCUT2D eigenvalue weighted by molar-refractivity contribution is -0.137. The van der Waals surface area contributed by atoms with Gasteiger partial charge in [-0.25, -0.2) is 9.78 Å². The Bertz CT molecular complexity index is 432. The number of hydrogen-bond acceptors (Lipinski definition) is 3. The number of rotatable bonds is 2. The molecule has 0 saturated carbocycles. The molecule has 0 bridgehead atoms. The predicted molar refractivity (Wildman–Crippen MR) is 57.5 cm³/mol. The van der Waals surface area contributed by atoms with Gasteiger partial charge in [0.25, 0.3) is 0 Å². The first-order valence-corrected chi connectivity index (χ1v) is 5.45. The van der Waals surface area contributed by atoms with E-state index < -0.39 is 23.8 Å². The summed E-state index contributed by atoms with van der Waals surface area (Å²) in [4.78, 5) is 15.0. The van der Waals surface area contributed by atoms with Gasteiger partial charge < -0.3 is 4.74 Å². The van der Waals surface area contributed by atoms with Gasteiger partial charge in [0.1, 0.15) is 4.60 Å². The predicted octanol–water partition coefficient (Wildman–Crippen LogP) is 3.43. The molecular formula is C10H9BrF3NO2. The summed E-state index contributed by atoms with van der Waals surface area (Å²) in [6.45, 7) is 3.21. The maximum atomic E-state index is 12.4. The van der Waals surface area contributed by atoms with Crippen LogP contribution in [0.3, 0.4) is 0 Å². The average Bonchev–Trinajstić information content (AvgIpc) is 2.15. The zero-order chi connectivity index (χ0) is 13.2. The Balaban J connectivity index is 3.11. The minimum atomic E-state index is -4.54. The molecule has 0 spiro atoms. The lowest BCUT2D eigenvalue weighted by Crippen LogP contribution is -2.15. The highest BCUT2D eigenvalue weighted by atomic mass is 79.9. The zero-order valence-electron chi connectivity index (χ0n) is 9.01. The van der Waals surface area contributed by atoms with Crippen molar-refractivity contribution in [1.29, 1.82) is 0 Å². The molecular weight excluding hydrogens is 303 g/mol. The molecule has 1 aromatic rings. The topological polar surface area (TPSA) is 39.2 Å². The molecule has 1 aromatic heterocycles. The van der Waals surface area contributed by atoms with E-state index in [-0.39, 0.29) is 10.2 Å². The van der Waals surface area contributed by atoms with Gasteiger partial charge in [-0.3, -0.25) is 0 Å². The molecule has 0 aromatic carbocycles. The number of carbonyl (C=O) groups is 1. The maximum Gasteiger partial charge on any atom is 0.417 e. The van der Waals surface area contributed by atoms with Crippen LogP contribution in [-0.4, -0.2) is 17.1 Å². The molecule has 17 heavy (non-hydrogen) atoms. The van der Waals surface area contributed by atoms with Crippen molar-refractivity contribution in [3.8, 4) is 0 Å². The van der Waals surface area contributed by atoms with Gasteiger partial charge in [-0.1, -0.05) is 0 Å². The molecule has 0 unspecified atom stereocenters. The lowest BCUT2D eigenvalue weighted by atomic mass is 10.2. The molecule has 7 heteroatoms. The normalized spacial score (nSPS) is 11.7. The highest BCUT2D eigenvalue weighted by molar-refractivity contribution is 9.10. The van der Waals surface area contributed by atoms with Crippen LogP contribution in [0.2, 0.25) is 0 Å². The first-order chi connectivity index (χ1) is 7.71. The quantitative estimate of drug-likeness (QED) is 0.620. The van der Waals surface area contributed by atoms with Crippen LogP contribution in [0, 0.1) is 0 Å². The fourth-order valence-electron chi connectivity index (χ4n) is 1.02. The minimum Gasteiger partial charge on any atom is -0.459 e. The van der Waals surface area contributed by atoms with Gasteiger partial charge in [0.15, 0.2) is 0 Å². The van der Waals surface area contributed by atoms with Crippen LogP contribution < -0.4 is 0 Å². The summed E-state index contributed by atoms with van der Waals surface area (Å²) in [7, 11) is 0. The van der Waals surface area contributed by atoms with Crippen LogP contribution in [0.4, 0.5) is 13.2 Å². The van der Waals surface area contributed by atoms with Crippen molar-refractivity contribution in [3.63, 3.8) is 0 Å². The molecule has 3 nitrogen and oxygen atoms in total. The Kier molecular flexibility index (Phi) is 4.13. The smallest absolute Gasteiger partial charge is 0.417 e. The fourth-order valence-corrected chi connectivity index (χ4v) is 1.40. The largest absolute Gasteiger partial charge is 0.459 e. The van der Waals surface area contributed by atoms with Gasteiger partial charge in [-0.05, 0) is 35.8 Å². The Morgan fingerprint density at radius 2 is 2.06 bits per heavy atom. The number of nitrogens with zero attached hydrogens (tertiary/aromatic N) is 1. The summed E-state index contributed by atoms with van der Waals surface area (Å²) in [5, 5.41) is 0. The third-order valence-corrected chi connectivity index (χ3v) is 2.36. The van der Waals surface area contributed by atoms with Gasteiger partial charge in [0.05, 0.1) is 17.2 Å². The zero-order valence-corrected chi connectivity index (χ0v) is 10.6. The molecule has 1 heterocycles. The van der Waals surface area contributed by atoms with Gasteiger partial charge in [-0.15, -0.1) is 0 Å². The van der Waals surface area contributed by atoms with E-state index in [1.54, 1.807) is 13.8 Å². The minimum absolute atomic E-state index is 0.0242. The molecule has 0 atom stereocenters. The van der Waals surface area contributed by atoms with Crippen LogP contribution in [0.1, 0.15) is 29.8 Å². The molecule has 0 N–H and O–H groups in total. The third-order valence-electron chi connectivity index (χ3n) is 1.73. The molecule has 0 saturated heterocycles. The van der Waals surface area contributed by atoms with Crippen LogP contribution >= 0.6 is 15.9 Å². The summed E-state index contributed by atoms with van der Waals surface area (Å²) in [6, 6.07) is 0.710. The second-order valence-corrected chi connectivity index (χ2v) is 4.27. The Morgan fingerprint density at radius 3 is 2.53 bits per heavy atom. The van der Waals surface area contributed by atoms with E-state index in [9.17, 15) is 18.0 Å². The van der Waals surface area contributed by atoms with E-state index in [1.165, 1.54) is 0 Å². The highest BCUT2D eigenvalue weighted by Crippen LogP contribution is 2.30. The van der Waals surface area contributed by atoms with E-state index in [1.807, 2.05) is 0 Å². The van der Waals surface area contributed by atoms with Crippen molar-refractivity contribution >= 4 is 21.9 Å². The van der Waals surface area contributed by atoms with Crippen molar-refractivity contribution in [2.24, 2.45) is 0 Å². The van der Waals surface area contributed by atoms with Gasteiger partial charge >= 0.3 is 12.1 Å². The van der Waals surface area contributed by atoms with Crippen LogP contribution in [0.15, 0.2) is 16.9 Å². The Labute approximate surface area is 104 Å². The van der Waals surface area contributed by atoms with Crippen molar-refractivity contribution < 1.29 is 22.7 Å². The van der Waals surface area contributed by atoms with Crippen molar-refractivity contribution in [2.45, 2.75) is 26.1 Å². The second kappa shape index (κ2) is 5.03. The first-order valence-electron chi connectivity index (χ1n) is 4.65. The summed E-state index contributed by atoms with van der Waals surface area (Å²) >= 11 is 2.91. The van der Waals surface area contributed by atoms with Crippen molar-refractivity contribution in [2.75, 3.05) is 0 Å². The standard InChI is InChI=1S/C10H9BrF3NO2/c1-5(2)17-9(16)7-3-6(10(12,13)14)4-15-8(7)11/h3-5H,1-2H3. The summed E-state index contributed by atoms with van der Waals surface area (Å²) < 4.78 is 42.1. The van der Waals surface area contributed by atoms with Gasteiger partial charge in [0.2, 0.25) is 0 Å². The highest BCUT2D eigenvalue weighted by Gasteiger charge is 2.32. The third kappa shape index (κ3) is 3.69. The van der Waals surface area contributed by atoms with E-state index in [0.717, 1.165) is 0 Å². The van der Waals surface area contributed by atoms with E-state index in [0.29, 0.717) is 12.3 Å². The number of aromatic nitrogens is 1. The number of alkyl halides is 3. The molecule has 0 aliphatic rings. The molecule has 0 aliphatic carbocycles. The van der Waals surface area contributed by atoms with E-state index in [2.05, 4.69) is 20.9 Å². The van der Waals surface area contributed by atoms with Crippen molar-refractivity contribution in [3.05, 3.63) is 28.0 Å². The van der Waals surface area contributed by atoms with Crippen LogP contribution in [-0.2, 0) is 10.9 Å². The average molecular weight is 312 g/mol. The molecule has 1 rings (SSSR count). The van der Waals surface area contributed by atoms with Crippen molar-refractivity contribution in [1.82, 2.24) is 4.98 Å². The number of esters is 1. The number of pyridine rings is 1. The second-order valence-electron chi connectivity index (χ2n) is 3.51. The lowest BCUT2D eigenvalue weighted by Gasteiger charge is -2.11. The van der Waals surface area contributed by atoms with E-state index in [4.69, 9.17) is 4.74 Å². The van der Waals surface area contributed by atoms with Crippen LogP contribution in [0.5, 0.6) is 0 Å². The molecule has 94 valence electrons. The molecule has 0 amide bonds. The first kappa shape index (κ1) is 14.0. The fraction of sp³-hybridized carbons (Fsp3) is 0.400.